The van der Waals surface area contributed by atoms with Crippen LogP contribution in [0.5, 0.6) is 0 Å². The minimum atomic E-state index is -3.93. The monoisotopic (exact) mass is 318 g/mol. The number of aromatic amines is 1. The number of carbonyl (C=O) groups is 1. The zero-order valence-electron chi connectivity index (χ0n) is 12.9. The predicted molar refractivity (Wildman–Crippen MR) is 77.9 cm³/mol. The van der Waals surface area contributed by atoms with E-state index in [2.05, 4.69) is 10.2 Å². The minimum Gasteiger partial charge on any atom is -0.476 e. The Hall–Kier alpha value is -1.45. The first-order valence-corrected chi connectivity index (χ1v) is 8.01. The van der Waals surface area contributed by atoms with Crippen molar-refractivity contribution in [2.45, 2.75) is 31.7 Å². The summed E-state index contributed by atoms with van der Waals surface area (Å²) in [6.07, 6.45) is 0. The van der Waals surface area contributed by atoms with E-state index < -0.39 is 21.7 Å². The van der Waals surface area contributed by atoms with Gasteiger partial charge in [-0.2, -0.15) is 9.40 Å². The van der Waals surface area contributed by atoms with Crippen molar-refractivity contribution in [2.24, 2.45) is 0 Å². The van der Waals surface area contributed by atoms with Gasteiger partial charge in [0.05, 0.1) is 5.69 Å². The second kappa shape index (κ2) is 6.54. The lowest BCUT2D eigenvalue weighted by Crippen LogP contribution is -2.44. The molecule has 1 heterocycles. The topological polar surface area (TPSA) is 107 Å². The van der Waals surface area contributed by atoms with Gasteiger partial charge >= 0.3 is 5.97 Å². The first kappa shape index (κ1) is 17.6. The maximum absolute atomic E-state index is 12.8. The van der Waals surface area contributed by atoms with Gasteiger partial charge in [-0.25, -0.2) is 13.2 Å². The summed E-state index contributed by atoms with van der Waals surface area (Å²) in [6.45, 7) is 5.79. The summed E-state index contributed by atoms with van der Waals surface area (Å²) in [5.41, 5.74) is -0.245. The van der Waals surface area contributed by atoms with E-state index >= 15 is 0 Å². The maximum atomic E-state index is 12.8. The number of carboxylic acids is 1. The number of rotatable bonds is 7. The number of nitrogens with zero attached hydrogens (tertiary/aromatic N) is 3. The zero-order valence-corrected chi connectivity index (χ0v) is 13.7. The SMILES string of the molecule is CCN(C(C)CN(C)C)S(=O)(=O)c1c(C(=O)O)n[nH]c1C. The van der Waals surface area contributed by atoms with Gasteiger partial charge in [-0.05, 0) is 27.9 Å². The fraction of sp³-hybridized carbons (Fsp3) is 0.667. The molecule has 120 valence electrons. The normalized spacial score (nSPS) is 13.9. The zero-order chi connectivity index (χ0) is 16.4. The first-order valence-electron chi connectivity index (χ1n) is 6.57. The number of likely N-dealkylation sites (N-methyl/N-ethyl adjacent to an activating group) is 2. The minimum absolute atomic E-state index is 0.225. The van der Waals surface area contributed by atoms with Crippen LogP contribution in [0.3, 0.4) is 0 Å². The highest BCUT2D eigenvalue weighted by Gasteiger charge is 2.35. The molecule has 2 N–H and O–H groups in total. The molecule has 0 aliphatic carbocycles. The van der Waals surface area contributed by atoms with Gasteiger partial charge in [-0.3, -0.25) is 5.10 Å². The van der Waals surface area contributed by atoms with Crippen LogP contribution >= 0.6 is 0 Å². The van der Waals surface area contributed by atoms with Gasteiger partial charge in [0, 0.05) is 19.1 Å². The molecule has 1 unspecified atom stereocenters. The lowest BCUT2D eigenvalue weighted by Gasteiger charge is -2.29. The number of aromatic carboxylic acids is 1. The van der Waals surface area contributed by atoms with E-state index in [0.29, 0.717) is 6.54 Å². The number of aromatic nitrogens is 2. The van der Waals surface area contributed by atoms with Crippen LogP contribution in [0.4, 0.5) is 0 Å². The molecule has 0 saturated heterocycles. The fourth-order valence-corrected chi connectivity index (χ4v) is 4.26. The molecule has 0 fully saturated rings. The van der Waals surface area contributed by atoms with Crippen LogP contribution in [0.1, 0.15) is 30.0 Å². The van der Waals surface area contributed by atoms with Gasteiger partial charge in [-0.1, -0.05) is 6.92 Å². The molecule has 0 bridgehead atoms. The largest absolute Gasteiger partial charge is 0.476 e. The maximum Gasteiger partial charge on any atom is 0.357 e. The Kier molecular flexibility index (Phi) is 5.48. The van der Waals surface area contributed by atoms with Gasteiger partial charge in [0.15, 0.2) is 5.69 Å². The molecule has 0 aliphatic heterocycles. The van der Waals surface area contributed by atoms with Gasteiger partial charge < -0.3 is 10.0 Å². The van der Waals surface area contributed by atoms with Crippen LogP contribution in [-0.2, 0) is 10.0 Å². The standard InChI is InChI=1S/C12H22N4O4S/c1-6-16(8(2)7-15(4)5)21(19,20)11-9(3)13-14-10(11)12(17)18/h8H,6-7H2,1-5H3,(H,13,14)(H,17,18). The lowest BCUT2D eigenvalue weighted by atomic mass is 10.3. The summed E-state index contributed by atoms with van der Waals surface area (Å²) in [4.78, 5) is 12.8. The van der Waals surface area contributed by atoms with E-state index in [1.165, 1.54) is 11.2 Å². The molecule has 9 heteroatoms. The summed E-state index contributed by atoms with van der Waals surface area (Å²) in [5.74, 6) is -1.37. The molecule has 0 spiro atoms. The number of hydrogen-bond donors (Lipinski definition) is 2. The van der Waals surface area contributed by atoms with Gasteiger partial charge in [0.1, 0.15) is 4.90 Å². The Labute approximate surface area is 124 Å². The van der Waals surface area contributed by atoms with E-state index in [9.17, 15) is 13.2 Å². The first-order chi connectivity index (χ1) is 9.62. The number of sulfonamides is 1. The van der Waals surface area contributed by atoms with Crippen LogP contribution < -0.4 is 0 Å². The molecule has 1 aromatic rings. The molecule has 8 nitrogen and oxygen atoms in total. The average Bonchev–Trinajstić information content (AvgIpc) is 2.71. The molecule has 0 aromatic carbocycles. The molecule has 1 aromatic heterocycles. The van der Waals surface area contributed by atoms with Crippen molar-refractivity contribution in [2.75, 3.05) is 27.2 Å². The Balaban J connectivity index is 3.32. The Morgan fingerprint density at radius 1 is 1.43 bits per heavy atom. The second-order valence-corrected chi connectivity index (χ2v) is 6.98. The molecular formula is C12H22N4O4S. The highest BCUT2D eigenvalue weighted by Crippen LogP contribution is 2.24. The number of H-pyrrole nitrogens is 1. The molecule has 1 rings (SSSR count). The molecule has 0 saturated carbocycles. The highest BCUT2D eigenvalue weighted by atomic mass is 32.2. The number of nitrogens with one attached hydrogen (secondary N) is 1. The van der Waals surface area contributed by atoms with Crippen LogP contribution in [0.2, 0.25) is 0 Å². The summed E-state index contributed by atoms with van der Waals surface area (Å²) < 4.78 is 26.8. The summed E-state index contributed by atoms with van der Waals surface area (Å²) in [6, 6.07) is -0.286. The Morgan fingerprint density at radius 2 is 2.00 bits per heavy atom. The molecule has 0 radical (unpaired) electrons. The third kappa shape index (κ3) is 3.60. The van der Waals surface area contributed by atoms with Crippen LogP contribution in [0, 0.1) is 6.92 Å². The summed E-state index contributed by atoms with van der Waals surface area (Å²) in [7, 11) is -0.227. The molecule has 21 heavy (non-hydrogen) atoms. The van der Waals surface area contributed by atoms with Crippen molar-refractivity contribution in [3.05, 3.63) is 11.4 Å². The van der Waals surface area contributed by atoms with Crippen LogP contribution in [0.25, 0.3) is 0 Å². The van der Waals surface area contributed by atoms with E-state index in [1.54, 1.807) is 13.8 Å². The van der Waals surface area contributed by atoms with Gasteiger partial charge in [0.25, 0.3) is 0 Å². The number of hydrogen-bond acceptors (Lipinski definition) is 5. The van der Waals surface area contributed by atoms with Crippen LogP contribution in [0.15, 0.2) is 4.90 Å². The second-order valence-electron chi connectivity index (χ2n) is 5.15. The molecule has 0 aliphatic rings. The lowest BCUT2D eigenvalue weighted by molar-refractivity contribution is 0.0686. The van der Waals surface area contributed by atoms with Crippen LogP contribution in [-0.4, -0.2) is 72.1 Å². The summed E-state index contributed by atoms with van der Waals surface area (Å²) in [5, 5.41) is 15.1. The Morgan fingerprint density at radius 3 is 2.43 bits per heavy atom. The number of aryl methyl sites for hydroxylation is 1. The van der Waals surface area contributed by atoms with Crippen molar-refractivity contribution in [3.8, 4) is 0 Å². The molecular weight excluding hydrogens is 296 g/mol. The fourth-order valence-electron chi connectivity index (χ4n) is 2.33. The number of carboxylic acid groups (broad SMARTS) is 1. The van der Waals surface area contributed by atoms with E-state index in [1.807, 2.05) is 19.0 Å². The molecule has 1 atom stereocenters. The van der Waals surface area contributed by atoms with Crippen molar-refractivity contribution in [1.82, 2.24) is 19.4 Å². The van der Waals surface area contributed by atoms with Gasteiger partial charge in [-0.15, -0.1) is 0 Å². The van der Waals surface area contributed by atoms with Crippen molar-refractivity contribution in [3.63, 3.8) is 0 Å². The smallest absolute Gasteiger partial charge is 0.357 e. The van der Waals surface area contributed by atoms with Crippen molar-refractivity contribution < 1.29 is 18.3 Å². The molecule has 0 amide bonds. The Bertz CT molecular complexity index is 609. The highest BCUT2D eigenvalue weighted by molar-refractivity contribution is 7.89. The van der Waals surface area contributed by atoms with E-state index in [0.717, 1.165) is 0 Å². The average molecular weight is 318 g/mol. The van der Waals surface area contributed by atoms with Gasteiger partial charge in [0.2, 0.25) is 10.0 Å². The third-order valence-corrected chi connectivity index (χ3v) is 5.34. The van der Waals surface area contributed by atoms with Crippen molar-refractivity contribution >= 4 is 16.0 Å². The predicted octanol–water partition coefficient (Wildman–Crippen LogP) is 0.377. The quantitative estimate of drug-likeness (QED) is 0.752. The summed E-state index contributed by atoms with van der Waals surface area (Å²) >= 11 is 0. The van der Waals surface area contributed by atoms with E-state index in [-0.39, 0.29) is 23.2 Å². The van der Waals surface area contributed by atoms with Crippen molar-refractivity contribution in [1.29, 1.82) is 0 Å². The van der Waals surface area contributed by atoms with E-state index in [4.69, 9.17) is 5.11 Å². The third-order valence-electron chi connectivity index (χ3n) is 3.09.